The van der Waals surface area contributed by atoms with Gasteiger partial charge in [-0.2, -0.15) is 0 Å². The molecular formula is C11H12ClNO5. The SMILES string of the molecule is CCOCCOC(=O)c1ccc(Cl)c([N+](=O)[O-])c1. The molecule has 0 fully saturated rings. The van der Waals surface area contributed by atoms with E-state index in [1.807, 2.05) is 6.92 Å². The molecule has 0 unspecified atom stereocenters. The molecule has 0 aliphatic heterocycles. The summed E-state index contributed by atoms with van der Waals surface area (Å²) in [4.78, 5) is 21.5. The molecule has 0 aliphatic rings. The number of halogens is 1. The van der Waals surface area contributed by atoms with Gasteiger partial charge in [0.2, 0.25) is 0 Å². The van der Waals surface area contributed by atoms with Crippen LogP contribution >= 0.6 is 11.6 Å². The van der Waals surface area contributed by atoms with Crippen molar-refractivity contribution in [1.82, 2.24) is 0 Å². The standard InChI is InChI=1S/C11H12ClNO5/c1-2-17-5-6-18-11(14)8-3-4-9(12)10(7-8)13(15)16/h3-4,7H,2,5-6H2,1H3. The number of nitro benzene ring substituents is 1. The zero-order chi connectivity index (χ0) is 13.5. The van der Waals surface area contributed by atoms with Crippen LogP contribution in [0.25, 0.3) is 0 Å². The number of rotatable bonds is 6. The number of carbonyl (C=O) groups is 1. The molecule has 1 rings (SSSR count). The normalized spacial score (nSPS) is 10.1. The summed E-state index contributed by atoms with van der Waals surface area (Å²) in [5, 5.41) is 10.6. The van der Waals surface area contributed by atoms with Gasteiger partial charge in [-0.15, -0.1) is 0 Å². The predicted molar refractivity (Wildman–Crippen MR) is 64.9 cm³/mol. The van der Waals surface area contributed by atoms with Gasteiger partial charge in [0.25, 0.3) is 5.69 Å². The monoisotopic (exact) mass is 273 g/mol. The van der Waals surface area contributed by atoms with E-state index in [2.05, 4.69) is 0 Å². The number of esters is 1. The first-order chi connectivity index (χ1) is 8.56. The van der Waals surface area contributed by atoms with Gasteiger partial charge in [-0.1, -0.05) is 11.6 Å². The molecule has 0 spiro atoms. The Kier molecular flexibility index (Phi) is 5.54. The fourth-order valence-corrected chi connectivity index (χ4v) is 1.39. The van der Waals surface area contributed by atoms with Crippen LogP contribution in [0.2, 0.25) is 5.02 Å². The molecule has 0 amide bonds. The summed E-state index contributed by atoms with van der Waals surface area (Å²) in [6.45, 7) is 2.75. The maximum absolute atomic E-state index is 11.6. The summed E-state index contributed by atoms with van der Waals surface area (Å²) < 4.78 is 9.87. The molecule has 98 valence electrons. The van der Waals surface area contributed by atoms with E-state index in [0.29, 0.717) is 6.61 Å². The Hall–Kier alpha value is -1.66. The van der Waals surface area contributed by atoms with Crippen LogP contribution in [-0.4, -0.2) is 30.7 Å². The number of benzene rings is 1. The van der Waals surface area contributed by atoms with E-state index in [1.165, 1.54) is 12.1 Å². The third-order valence-corrected chi connectivity index (χ3v) is 2.36. The molecule has 0 saturated heterocycles. The summed E-state index contributed by atoms with van der Waals surface area (Å²) in [6, 6.07) is 3.75. The molecular weight excluding hydrogens is 262 g/mol. The first-order valence-corrected chi connectivity index (χ1v) is 5.63. The minimum absolute atomic E-state index is 0.0223. The number of ether oxygens (including phenoxy) is 2. The van der Waals surface area contributed by atoms with Gasteiger partial charge in [0, 0.05) is 12.7 Å². The van der Waals surface area contributed by atoms with Gasteiger partial charge >= 0.3 is 5.97 Å². The fraction of sp³-hybridized carbons (Fsp3) is 0.364. The molecule has 0 aromatic heterocycles. The highest BCUT2D eigenvalue weighted by molar-refractivity contribution is 6.32. The van der Waals surface area contributed by atoms with Crippen LogP contribution < -0.4 is 0 Å². The largest absolute Gasteiger partial charge is 0.460 e. The molecule has 1 aromatic rings. The summed E-state index contributed by atoms with van der Waals surface area (Å²) in [5.74, 6) is -0.644. The molecule has 0 N–H and O–H groups in total. The van der Waals surface area contributed by atoms with Crippen LogP contribution in [0.3, 0.4) is 0 Å². The van der Waals surface area contributed by atoms with Crippen molar-refractivity contribution in [2.75, 3.05) is 19.8 Å². The van der Waals surface area contributed by atoms with E-state index in [-0.39, 0.29) is 29.5 Å². The lowest BCUT2D eigenvalue weighted by atomic mass is 10.2. The van der Waals surface area contributed by atoms with E-state index in [1.54, 1.807) is 0 Å². The average Bonchev–Trinajstić information content (AvgIpc) is 2.34. The van der Waals surface area contributed by atoms with Crippen molar-refractivity contribution in [3.05, 3.63) is 38.9 Å². The molecule has 6 nitrogen and oxygen atoms in total. The molecule has 0 atom stereocenters. The van der Waals surface area contributed by atoms with Gasteiger partial charge in [0.15, 0.2) is 0 Å². The van der Waals surface area contributed by atoms with Crippen molar-refractivity contribution in [3.63, 3.8) is 0 Å². The van der Waals surface area contributed by atoms with Gasteiger partial charge in [0.05, 0.1) is 17.1 Å². The van der Waals surface area contributed by atoms with E-state index >= 15 is 0 Å². The van der Waals surface area contributed by atoms with Gasteiger partial charge in [-0.25, -0.2) is 4.79 Å². The lowest BCUT2D eigenvalue weighted by Crippen LogP contribution is -2.11. The van der Waals surface area contributed by atoms with Crippen molar-refractivity contribution in [2.45, 2.75) is 6.92 Å². The lowest BCUT2D eigenvalue weighted by molar-refractivity contribution is -0.384. The summed E-state index contributed by atoms with van der Waals surface area (Å²) in [5.41, 5.74) is -0.237. The molecule has 0 heterocycles. The Morgan fingerprint density at radius 1 is 1.44 bits per heavy atom. The van der Waals surface area contributed by atoms with Crippen LogP contribution in [0.1, 0.15) is 17.3 Å². The Balaban J connectivity index is 2.68. The second-order valence-electron chi connectivity index (χ2n) is 3.26. The first-order valence-electron chi connectivity index (χ1n) is 5.25. The first kappa shape index (κ1) is 14.4. The smallest absolute Gasteiger partial charge is 0.338 e. The number of nitro groups is 1. The van der Waals surface area contributed by atoms with Crippen molar-refractivity contribution in [2.24, 2.45) is 0 Å². The fourth-order valence-electron chi connectivity index (χ4n) is 1.20. The van der Waals surface area contributed by atoms with E-state index in [4.69, 9.17) is 21.1 Å². The second-order valence-corrected chi connectivity index (χ2v) is 3.66. The second kappa shape index (κ2) is 6.93. The zero-order valence-corrected chi connectivity index (χ0v) is 10.5. The van der Waals surface area contributed by atoms with Crippen LogP contribution in [0.15, 0.2) is 18.2 Å². The number of hydrogen-bond acceptors (Lipinski definition) is 5. The molecule has 18 heavy (non-hydrogen) atoms. The quantitative estimate of drug-likeness (QED) is 0.344. The molecule has 0 aliphatic carbocycles. The number of nitrogens with zero attached hydrogens (tertiary/aromatic N) is 1. The van der Waals surface area contributed by atoms with Gasteiger partial charge in [0.1, 0.15) is 11.6 Å². The maximum atomic E-state index is 11.6. The van der Waals surface area contributed by atoms with E-state index < -0.39 is 10.9 Å². The maximum Gasteiger partial charge on any atom is 0.338 e. The topological polar surface area (TPSA) is 78.7 Å². The van der Waals surface area contributed by atoms with Crippen molar-refractivity contribution < 1.29 is 19.2 Å². The Morgan fingerprint density at radius 2 is 2.17 bits per heavy atom. The van der Waals surface area contributed by atoms with Gasteiger partial charge in [-0.3, -0.25) is 10.1 Å². The molecule has 0 radical (unpaired) electrons. The molecule has 1 aromatic carbocycles. The van der Waals surface area contributed by atoms with Crippen molar-refractivity contribution in [1.29, 1.82) is 0 Å². The Bertz CT molecular complexity index is 449. The minimum atomic E-state index is -0.653. The molecule has 0 bridgehead atoms. The van der Waals surface area contributed by atoms with Crippen molar-refractivity contribution in [3.8, 4) is 0 Å². The van der Waals surface area contributed by atoms with Crippen LogP contribution in [0, 0.1) is 10.1 Å². The number of carbonyl (C=O) groups excluding carboxylic acids is 1. The summed E-state index contributed by atoms with van der Waals surface area (Å²) in [6.07, 6.45) is 0. The highest BCUT2D eigenvalue weighted by atomic mass is 35.5. The van der Waals surface area contributed by atoms with E-state index in [0.717, 1.165) is 6.07 Å². The predicted octanol–water partition coefficient (Wildman–Crippen LogP) is 2.44. The summed E-state index contributed by atoms with van der Waals surface area (Å²) >= 11 is 5.63. The van der Waals surface area contributed by atoms with Crippen molar-refractivity contribution >= 4 is 23.3 Å². The molecule has 7 heteroatoms. The van der Waals surface area contributed by atoms with Gasteiger partial charge in [-0.05, 0) is 19.1 Å². The van der Waals surface area contributed by atoms with E-state index in [9.17, 15) is 14.9 Å². The number of hydrogen-bond donors (Lipinski definition) is 0. The van der Waals surface area contributed by atoms with Crippen LogP contribution in [-0.2, 0) is 9.47 Å². The minimum Gasteiger partial charge on any atom is -0.460 e. The lowest BCUT2D eigenvalue weighted by Gasteiger charge is -2.05. The average molecular weight is 274 g/mol. The highest BCUT2D eigenvalue weighted by Gasteiger charge is 2.16. The zero-order valence-electron chi connectivity index (χ0n) is 9.72. The van der Waals surface area contributed by atoms with Gasteiger partial charge < -0.3 is 9.47 Å². The highest BCUT2D eigenvalue weighted by Crippen LogP contribution is 2.25. The summed E-state index contributed by atoms with van der Waals surface area (Å²) in [7, 11) is 0. The third-order valence-electron chi connectivity index (χ3n) is 2.04. The van der Waals surface area contributed by atoms with Crippen LogP contribution in [0.4, 0.5) is 5.69 Å². The molecule has 0 saturated carbocycles. The Labute approximate surface area is 109 Å². The third kappa shape index (κ3) is 3.97. The van der Waals surface area contributed by atoms with Crippen LogP contribution in [0.5, 0.6) is 0 Å². The Morgan fingerprint density at radius 3 is 2.78 bits per heavy atom.